The molecule has 0 aromatic heterocycles. The Morgan fingerprint density at radius 1 is 1.47 bits per heavy atom. The molecule has 1 aliphatic rings. The molecule has 0 amide bonds. The molecule has 0 saturated carbocycles. The van der Waals surface area contributed by atoms with E-state index in [4.69, 9.17) is 4.74 Å². The molecule has 3 heteroatoms. The standard InChI is InChI=1S/C12H11FO2/c1-15-9-4-2-8-3-5-10(11(8)6-9)12(13)7-14/h2,4,6-7H,3,5H2,1H3/b12-10+. The summed E-state index contributed by atoms with van der Waals surface area (Å²) in [6, 6.07) is 5.54. The molecule has 0 aliphatic heterocycles. The zero-order valence-corrected chi connectivity index (χ0v) is 8.42. The van der Waals surface area contributed by atoms with Crippen molar-refractivity contribution in [2.75, 3.05) is 7.11 Å². The zero-order chi connectivity index (χ0) is 10.8. The number of fused-ring (bicyclic) bond motifs is 1. The van der Waals surface area contributed by atoms with Crippen molar-refractivity contribution in [3.8, 4) is 5.75 Å². The lowest BCUT2D eigenvalue weighted by atomic mass is 10.1. The summed E-state index contributed by atoms with van der Waals surface area (Å²) in [7, 11) is 1.57. The zero-order valence-electron chi connectivity index (χ0n) is 8.42. The molecule has 0 bridgehead atoms. The molecule has 0 fully saturated rings. The minimum Gasteiger partial charge on any atom is -0.497 e. The lowest BCUT2D eigenvalue weighted by molar-refractivity contribution is -0.106. The third kappa shape index (κ3) is 1.65. The largest absolute Gasteiger partial charge is 0.497 e. The van der Waals surface area contributed by atoms with Crippen LogP contribution >= 0.6 is 0 Å². The Bertz CT molecular complexity index is 435. The first-order valence-corrected chi connectivity index (χ1v) is 4.77. The van der Waals surface area contributed by atoms with Crippen molar-refractivity contribution in [2.24, 2.45) is 0 Å². The molecule has 1 aliphatic carbocycles. The quantitative estimate of drug-likeness (QED) is 0.549. The maximum Gasteiger partial charge on any atom is 0.178 e. The van der Waals surface area contributed by atoms with Gasteiger partial charge in [-0.25, -0.2) is 4.39 Å². The van der Waals surface area contributed by atoms with Gasteiger partial charge in [-0.15, -0.1) is 0 Å². The van der Waals surface area contributed by atoms with Crippen LogP contribution in [0.25, 0.3) is 5.57 Å². The van der Waals surface area contributed by atoms with E-state index in [9.17, 15) is 9.18 Å². The number of aryl methyl sites for hydroxylation is 1. The second kappa shape index (κ2) is 3.85. The molecule has 0 N–H and O–H groups in total. The van der Waals surface area contributed by atoms with Crippen LogP contribution in [-0.4, -0.2) is 13.4 Å². The second-order valence-electron chi connectivity index (χ2n) is 3.47. The van der Waals surface area contributed by atoms with E-state index in [1.165, 1.54) is 0 Å². The summed E-state index contributed by atoms with van der Waals surface area (Å²) >= 11 is 0. The summed E-state index contributed by atoms with van der Waals surface area (Å²) in [6.45, 7) is 0. The molecule has 0 saturated heterocycles. The van der Waals surface area contributed by atoms with Crippen LogP contribution in [0.15, 0.2) is 24.0 Å². The summed E-state index contributed by atoms with van der Waals surface area (Å²) in [4.78, 5) is 10.4. The maximum atomic E-state index is 13.2. The average Bonchev–Trinajstić information content (AvgIpc) is 2.70. The number of hydrogen-bond acceptors (Lipinski definition) is 2. The number of ether oxygens (including phenoxy) is 1. The van der Waals surface area contributed by atoms with Crippen LogP contribution in [0.5, 0.6) is 5.75 Å². The van der Waals surface area contributed by atoms with Crippen molar-refractivity contribution in [1.29, 1.82) is 0 Å². The number of rotatable bonds is 2. The molecule has 78 valence electrons. The number of aldehydes is 1. The maximum absolute atomic E-state index is 13.2. The Morgan fingerprint density at radius 2 is 2.27 bits per heavy atom. The summed E-state index contributed by atoms with van der Waals surface area (Å²) in [5.74, 6) is 0.0221. The van der Waals surface area contributed by atoms with Gasteiger partial charge in [0.05, 0.1) is 7.11 Å². The Balaban J connectivity index is 2.53. The predicted molar refractivity (Wildman–Crippen MR) is 55.4 cm³/mol. The number of halogens is 1. The molecule has 1 aromatic rings. The minimum absolute atomic E-state index is 0.268. The molecule has 15 heavy (non-hydrogen) atoms. The second-order valence-corrected chi connectivity index (χ2v) is 3.47. The number of carbonyl (C=O) groups is 1. The van der Waals surface area contributed by atoms with E-state index in [1.54, 1.807) is 13.2 Å². The van der Waals surface area contributed by atoms with Gasteiger partial charge < -0.3 is 4.74 Å². The summed E-state index contributed by atoms with van der Waals surface area (Å²) in [6.07, 6.45) is 1.65. The Labute approximate surface area is 87.4 Å². The molecule has 0 spiro atoms. The highest BCUT2D eigenvalue weighted by molar-refractivity contribution is 5.88. The van der Waals surface area contributed by atoms with Crippen molar-refractivity contribution in [3.05, 3.63) is 35.2 Å². The number of allylic oxidation sites excluding steroid dienone is 2. The highest BCUT2D eigenvalue weighted by Crippen LogP contribution is 2.36. The fourth-order valence-corrected chi connectivity index (χ4v) is 1.90. The monoisotopic (exact) mass is 206 g/mol. The Hall–Kier alpha value is -1.64. The topological polar surface area (TPSA) is 26.3 Å². The minimum atomic E-state index is -0.665. The van der Waals surface area contributed by atoms with Crippen LogP contribution in [-0.2, 0) is 11.2 Å². The van der Waals surface area contributed by atoms with Gasteiger partial charge in [-0.1, -0.05) is 6.07 Å². The molecule has 0 radical (unpaired) electrons. The molecular weight excluding hydrogens is 195 g/mol. The van der Waals surface area contributed by atoms with Crippen molar-refractivity contribution >= 4 is 11.9 Å². The fourth-order valence-electron chi connectivity index (χ4n) is 1.90. The summed E-state index contributed by atoms with van der Waals surface area (Å²) in [5.41, 5.74) is 2.38. The van der Waals surface area contributed by atoms with E-state index in [0.29, 0.717) is 17.7 Å². The van der Waals surface area contributed by atoms with Crippen molar-refractivity contribution in [1.82, 2.24) is 0 Å². The fraction of sp³-hybridized carbons (Fsp3) is 0.250. The first kappa shape index (κ1) is 9.90. The van der Waals surface area contributed by atoms with Gasteiger partial charge in [0.1, 0.15) is 5.75 Å². The first-order valence-electron chi connectivity index (χ1n) is 4.77. The molecular formula is C12H11FO2. The predicted octanol–water partition coefficient (Wildman–Crippen LogP) is 2.52. The average molecular weight is 206 g/mol. The van der Waals surface area contributed by atoms with E-state index in [0.717, 1.165) is 17.5 Å². The highest BCUT2D eigenvalue weighted by atomic mass is 19.1. The Morgan fingerprint density at radius 3 is 2.93 bits per heavy atom. The number of methoxy groups -OCH3 is 1. The summed E-state index contributed by atoms with van der Waals surface area (Å²) in [5, 5.41) is 0. The Kier molecular flexibility index (Phi) is 2.54. The molecule has 1 aromatic carbocycles. The van der Waals surface area contributed by atoms with E-state index >= 15 is 0 Å². The van der Waals surface area contributed by atoms with Crippen LogP contribution in [0, 0.1) is 0 Å². The smallest absolute Gasteiger partial charge is 0.178 e. The highest BCUT2D eigenvalue weighted by Gasteiger charge is 2.20. The molecule has 0 atom stereocenters. The first-order chi connectivity index (χ1) is 7.26. The molecule has 2 nitrogen and oxygen atoms in total. The number of benzene rings is 1. The van der Waals surface area contributed by atoms with Crippen LogP contribution in [0.3, 0.4) is 0 Å². The van der Waals surface area contributed by atoms with Crippen molar-refractivity contribution < 1.29 is 13.9 Å². The lowest BCUT2D eigenvalue weighted by Crippen LogP contribution is -1.88. The molecule has 0 unspecified atom stereocenters. The third-order valence-electron chi connectivity index (χ3n) is 2.68. The third-order valence-corrected chi connectivity index (χ3v) is 2.68. The van der Waals surface area contributed by atoms with Crippen LogP contribution in [0.1, 0.15) is 17.5 Å². The van der Waals surface area contributed by atoms with Gasteiger partial charge in [-0.3, -0.25) is 4.79 Å². The lowest BCUT2D eigenvalue weighted by Gasteiger charge is -2.04. The molecule has 2 rings (SSSR count). The van der Waals surface area contributed by atoms with E-state index in [-0.39, 0.29) is 6.29 Å². The van der Waals surface area contributed by atoms with Crippen molar-refractivity contribution in [3.63, 3.8) is 0 Å². The van der Waals surface area contributed by atoms with Gasteiger partial charge >= 0.3 is 0 Å². The van der Waals surface area contributed by atoms with Crippen LogP contribution in [0.2, 0.25) is 0 Å². The van der Waals surface area contributed by atoms with E-state index in [2.05, 4.69) is 0 Å². The number of carbonyl (C=O) groups excluding carboxylic acids is 1. The molecule has 0 heterocycles. The van der Waals surface area contributed by atoms with Gasteiger partial charge in [0, 0.05) is 0 Å². The summed E-state index contributed by atoms with van der Waals surface area (Å²) < 4.78 is 18.3. The van der Waals surface area contributed by atoms with E-state index in [1.807, 2.05) is 12.1 Å². The van der Waals surface area contributed by atoms with Gasteiger partial charge in [0.15, 0.2) is 12.1 Å². The van der Waals surface area contributed by atoms with Crippen LogP contribution in [0.4, 0.5) is 4.39 Å². The number of hydrogen-bond donors (Lipinski definition) is 0. The van der Waals surface area contributed by atoms with Crippen molar-refractivity contribution in [2.45, 2.75) is 12.8 Å². The van der Waals surface area contributed by atoms with Crippen LogP contribution < -0.4 is 4.74 Å². The normalized spacial score (nSPS) is 17.2. The SMILES string of the molecule is COc1ccc2c(c1)/C(=C(/F)C=O)CC2. The van der Waals surface area contributed by atoms with Gasteiger partial charge in [0.25, 0.3) is 0 Å². The van der Waals surface area contributed by atoms with Gasteiger partial charge in [0.2, 0.25) is 0 Å². The van der Waals surface area contributed by atoms with Gasteiger partial charge in [-0.05, 0) is 41.7 Å². The van der Waals surface area contributed by atoms with E-state index < -0.39 is 5.83 Å². The van der Waals surface area contributed by atoms with Gasteiger partial charge in [-0.2, -0.15) is 0 Å².